The molecule has 0 radical (unpaired) electrons. The molecule has 1 nitrogen and oxygen atoms in total. The maximum Gasteiger partial charge on any atom is 0.00696 e. The molecule has 0 heterocycles. The van der Waals surface area contributed by atoms with Crippen LogP contribution in [-0.2, 0) is 6.42 Å². The summed E-state index contributed by atoms with van der Waals surface area (Å²) in [5.74, 6) is 0.773. The van der Waals surface area contributed by atoms with E-state index < -0.39 is 0 Å². The van der Waals surface area contributed by atoms with E-state index in [1.165, 1.54) is 30.4 Å². The van der Waals surface area contributed by atoms with Gasteiger partial charge in [0.2, 0.25) is 0 Å². The predicted molar refractivity (Wildman–Crippen MR) is 71.8 cm³/mol. The highest BCUT2D eigenvalue weighted by atomic mass is 14.9. The fourth-order valence-electron chi connectivity index (χ4n) is 2.16. The molecule has 90 valence electrons. The summed E-state index contributed by atoms with van der Waals surface area (Å²) in [6.45, 7) is 6.74. The van der Waals surface area contributed by atoms with Crippen molar-refractivity contribution in [2.24, 2.45) is 5.92 Å². The van der Waals surface area contributed by atoms with Gasteiger partial charge in [-0.2, -0.15) is 0 Å². The minimum atomic E-state index is 0.653. The van der Waals surface area contributed by atoms with Gasteiger partial charge in [-0.3, -0.25) is 0 Å². The molecule has 0 aliphatic rings. The summed E-state index contributed by atoms with van der Waals surface area (Å²) in [6, 6.07) is 9.49. The highest BCUT2D eigenvalue weighted by Gasteiger charge is 2.08. The number of nitrogens with one attached hydrogen (secondary N) is 1. The van der Waals surface area contributed by atoms with Crippen LogP contribution in [0.3, 0.4) is 0 Å². The summed E-state index contributed by atoms with van der Waals surface area (Å²) in [6.07, 6.45) is 3.68. The second kappa shape index (κ2) is 6.70. The maximum atomic E-state index is 3.42. The quantitative estimate of drug-likeness (QED) is 0.771. The van der Waals surface area contributed by atoms with Crippen molar-refractivity contribution in [1.29, 1.82) is 0 Å². The van der Waals surface area contributed by atoms with Crippen LogP contribution in [0.25, 0.3) is 0 Å². The Morgan fingerprint density at radius 1 is 1.25 bits per heavy atom. The molecule has 0 saturated carbocycles. The molecule has 1 aromatic carbocycles. The van der Waals surface area contributed by atoms with E-state index in [0.717, 1.165) is 5.92 Å². The molecule has 1 aromatic rings. The van der Waals surface area contributed by atoms with Gasteiger partial charge < -0.3 is 5.32 Å². The average molecular weight is 219 g/mol. The first-order valence-electron chi connectivity index (χ1n) is 6.34. The third kappa shape index (κ3) is 4.80. The summed E-state index contributed by atoms with van der Waals surface area (Å²) in [5, 5.41) is 3.42. The van der Waals surface area contributed by atoms with Crippen LogP contribution in [0.15, 0.2) is 24.3 Å². The molecule has 0 bridgehead atoms. The van der Waals surface area contributed by atoms with E-state index in [1.807, 2.05) is 0 Å². The largest absolute Gasteiger partial charge is 0.317 e. The van der Waals surface area contributed by atoms with Crippen LogP contribution < -0.4 is 5.32 Å². The Morgan fingerprint density at radius 2 is 2.00 bits per heavy atom. The van der Waals surface area contributed by atoms with E-state index >= 15 is 0 Å². The molecule has 0 spiro atoms. The lowest BCUT2D eigenvalue weighted by Crippen LogP contribution is -2.27. The van der Waals surface area contributed by atoms with Crippen LogP contribution in [0.5, 0.6) is 0 Å². The van der Waals surface area contributed by atoms with E-state index in [-0.39, 0.29) is 0 Å². The molecule has 0 aromatic heterocycles. The Bertz CT molecular complexity index is 304. The summed E-state index contributed by atoms with van der Waals surface area (Å²) >= 11 is 0. The summed E-state index contributed by atoms with van der Waals surface area (Å²) in [7, 11) is 2.07. The summed E-state index contributed by atoms with van der Waals surface area (Å²) in [4.78, 5) is 0. The number of hydrogen-bond donors (Lipinski definition) is 1. The monoisotopic (exact) mass is 219 g/mol. The number of aryl methyl sites for hydroxylation is 2. The van der Waals surface area contributed by atoms with Gasteiger partial charge in [-0.25, -0.2) is 0 Å². The first-order chi connectivity index (χ1) is 7.61. The van der Waals surface area contributed by atoms with Crippen molar-refractivity contribution in [2.75, 3.05) is 7.05 Å². The minimum Gasteiger partial charge on any atom is -0.317 e. The molecule has 0 aliphatic heterocycles. The Hall–Kier alpha value is -0.820. The molecule has 1 rings (SSSR count). The van der Waals surface area contributed by atoms with Crippen LogP contribution in [0, 0.1) is 12.8 Å². The van der Waals surface area contributed by atoms with Crippen molar-refractivity contribution in [3.05, 3.63) is 35.4 Å². The molecule has 1 unspecified atom stereocenters. The summed E-state index contributed by atoms with van der Waals surface area (Å²) in [5.41, 5.74) is 2.83. The molecule has 0 aliphatic carbocycles. The topological polar surface area (TPSA) is 12.0 Å². The molecule has 1 heteroatoms. The van der Waals surface area contributed by atoms with E-state index in [9.17, 15) is 0 Å². The van der Waals surface area contributed by atoms with Gasteiger partial charge in [0, 0.05) is 6.04 Å². The van der Waals surface area contributed by atoms with Crippen LogP contribution >= 0.6 is 0 Å². The third-order valence-corrected chi connectivity index (χ3v) is 3.03. The van der Waals surface area contributed by atoms with Crippen molar-refractivity contribution in [2.45, 2.75) is 46.1 Å². The standard InChI is InChI=1S/C15H25N/c1-12(2)10-15(16-4)9-8-14-7-5-6-13(3)11-14/h5-7,11-12,15-16H,8-10H2,1-4H3. The lowest BCUT2D eigenvalue weighted by molar-refractivity contribution is 0.422. The first-order valence-corrected chi connectivity index (χ1v) is 6.34. The lowest BCUT2D eigenvalue weighted by atomic mass is 9.97. The van der Waals surface area contributed by atoms with Gasteiger partial charge in [0.25, 0.3) is 0 Å². The molecule has 0 fully saturated rings. The fourth-order valence-corrected chi connectivity index (χ4v) is 2.16. The van der Waals surface area contributed by atoms with Gasteiger partial charge in [0.15, 0.2) is 0 Å². The zero-order valence-electron chi connectivity index (χ0n) is 11.1. The van der Waals surface area contributed by atoms with E-state index in [2.05, 4.69) is 57.4 Å². The fraction of sp³-hybridized carbons (Fsp3) is 0.600. The molecular formula is C15H25N. The van der Waals surface area contributed by atoms with Crippen LogP contribution in [0.2, 0.25) is 0 Å². The smallest absolute Gasteiger partial charge is 0.00696 e. The Kier molecular flexibility index (Phi) is 5.54. The molecule has 1 atom stereocenters. The van der Waals surface area contributed by atoms with Crippen molar-refractivity contribution in [1.82, 2.24) is 5.32 Å². The highest BCUT2D eigenvalue weighted by Crippen LogP contribution is 2.12. The first kappa shape index (κ1) is 13.2. The second-order valence-corrected chi connectivity index (χ2v) is 5.14. The zero-order valence-corrected chi connectivity index (χ0v) is 11.1. The normalized spacial score (nSPS) is 13.1. The molecular weight excluding hydrogens is 194 g/mol. The van der Waals surface area contributed by atoms with Crippen LogP contribution in [-0.4, -0.2) is 13.1 Å². The Morgan fingerprint density at radius 3 is 2.56 bits per heavy atom. The van der Waals surface area contributed by atoms with Crippen molar-refractivity contribution >= 4 is 0 Å². The SMILES string of the molecule is CNC(CCc1cccc(C)c1)CC(C)C. The van der Waals surface area contributed by atoms with E-state index in [4.69, 9.17) is 0 Å². The van der Waals surface area contributed by atoms with E-state index in [0.29, 0.717) is 6.04 Å². The zero-order chi connectivity index (χ0) is 12.0. The number of benzene rings is 1. The van der Waals surface area contributed by atoms with Gasteiger partial charge >= 0.3 is 0 Å². The maximum absolute atomic E-state index is 3.42. The second-order valence-electron chi connectivity index (χ2n) is 5.14. The average Bonchev–Trinajstić information content (AvgIpc) is 2.24. The van der Waals surface area contributed by atoms with Crippen molar-refractivity contribution in [3.63, 3.8) is 0 Å². The Labute approximate surface area is 100 Å². The lowest BCUT2D eigenvalue weighted by Gasteiger charge is -2.18. The van der Waals surface area contributed by atoms with Crippen molar-refractivity contribution < 1.29 is 0 Å². The Balaban J connectivity index is 2.43. The molecule has 16 heavy (non-hydrogen) atoms. The highest BCUT2D eigenvalue weighted by molar-refractivity contribution is 5.22. The van der Waals surface area contributed by atoms with Crippen molar-refractivity contribution in [3.8, 4) is 0 Å². The number of hydrogen-bond acceptors (Lipinski definition) is 1. The minimum absolute atomic E-state index is 0.653. The predicted octanol–water partition coefficient (Wildman–Crippen LogP) is 3.56. The van der Waals surface area contributed by atoms with Crippen LogP contribution in [0.1, 0.15) is 37.8 Å². The van der Waals surface area contributed by atoms with Gasteiger partial charge in [-0.1, -0.05) is 43.7 Å². The molecule has 0 amide bonds. The van der Waals surface area contributed by atoms with Gasteiger partial charge in [0.1, 0.15) is 0 Å². The van der Waals surface area contributed by atoms with Gasteiger partial charge in [-0.05, 0) is 44.7 Å². The van der Waals surface area contributed by atoms with Gasteiger partial charge in [-0.15, -0.1) is 0 Å². The van der Waals surface area contributed by atoms with E-state index in [1.54, 1.807) is 0 Å². The van der Waals surface area contributed by atoms with Gasteiger partial charge in [0.05, 0.1) is 0 Å². The summed E-state index contributed by atoms with van der Waals surface area (Å²) < 4.78 is 0. The molecule has 1 N–H and O–H groups in total. The third-order valence-electron chi connectivity index (χ3n) is 3.03. The number of rotatable bonds is 6. The van der Waals surface area contributed by atoms with Crippen LogP contribution in [0.4, 0.5) is 0 Å². The molecule has 0 saturated heterocycles.